The molecule has 0 aliphatic rings. The molecule has 0 atom stereocenters. The van der Waals surface area contributed by atoms with Crippen molar-refractivity contribution in [1.82, 2.24) is 0 Å². The number of rotatable bonds is 3. The summed E-state index contributed by atoms with van der Waals surface area (Å²) in [6.45, 7) is 5.01. The molecule has 0 bridgehead atoms. The Labute approximate surface area is 94.6 Å². The Hall–Kier alpha value is -1.84. The number of hydrogen-bond donors (Lipinski definition) is 1. The Morgan fingerprint density at radius 1 is 1.19 bits per heavy atom. The van der Waals surface area contributed by atoms with E-state index < -0.39 is 11.7 Å². The third kappa shape index (κ3) is 2.39. The van der Waals surface area contributed by atoms with Gasteiger partial charge in [0, 0.05) is 12.6 Å². The number of nitrogens with one attached hydrogen (secondary N) is 1. The summed E-state index contributed by atoms with van der Waals surface area (Å²) in [6, 6.07) is 3.49. The number of amides is 1. The third-order valence-corrected chi connectivity index (χ3v) is 2.53. The quantitative estimate of drug-likeness (QED) is 0.792. The Morgan fingerprint density at radius 3 is 2.31 bits per heavy atom. The summed E-state index contributed by atoms with van der Waals surface area (Å²) < 4.78 is 5.15. The molecular weight excluding hydrogens is 206 g/mol. The number of ketones is 1. The van der Waals surface area contributed by atoms with Crippen LogP contribution in [0.15, 0.2) is 12.1 Å². The Morgan fingerprint density at radius 2 is 1.81 bits per heavy atom. The van der Waals surface area contributed by atoms with Crippen LogP contribution in [0.4, 0.5) is 5.69 Å². The molecule has 1 N–H and O–H groups in total. The van der Waals surface area contributed by atoms with Gasteiger partial charge in [0.05, 0.1) is 7.11 Å². The number of anilines is 1. The van der Waals surface area contributed by atoms with Crippen molar-refractivity contribution in [2.24, 2.45) is 0 Å². The Balaban J connectivity index is 3.04. The van der Waals surface area contributed by atoms with Crippen LogP contribution >= 0.6 is 0 Å². The molecule has 0 unspecified atom stereocenters. The van der Waals surface area contributed by atoms with Crippen molar-refractivity contribution in [3.63, 3.8) is 0 Å². The number of ether oxygens (including phenoxy) is 1. The van der Waals surface area contributed by atoms with Gasteiger partial charge in [0.15, 0.2) is 0 Å². The second kappa shape index (κ2) is 4.79. The predicted molar refractivity (Wildman–Crippen MR) is 61.8 cm³/mol. The summed E-state index contributed by atoms with van der Waals surface area (Å²) in [7, 11) is 1.59. The van der Waals surface area contributed by atoms with Crippen LogP contribution in [0, 0.1) is 13.8 Å². The number of Topliss-reactive ketones (excluding diaryl/α,β-unsaturated/α-hetero) is 1. The molecule has 0 aliphatic carbocycles. The molecule has 0 aromatic heterocycles. The molecule has 1 rings (SSSR count). The van der Waals surface area contributed by atoms with Gasteiger partial charge in [-0.25, -0.2) is 0 Å². The second-order valence-electron chi connectivity index (χ2n) is 3.58. The van der Waals surface area contributed by atoms with Gasteiger partial charge >= 0.3 is 0 Å². The molecule has 0 saturated carbocycles. The second-order valence-corrected chi connectivity index (χ2v) is 3.58. The lowest BCUT2D eigenvalue weighted by atomic mass is 10.1. The zero-order valence-electron chi connectivity index (χ0n) is 9.88. The van der Waals surface area contributed by atoms with Crippen molar-refractivity contribution in [2.45, 2.75) is 20.8 Å². The van der Waals surface area contributed by atoms with Crippen LogP contribution in [0.2, 0.25) is 0 Å². The maximum absolute atomic E-state index is 11.2. The molecule has 1 aromatic carbocycles. The van der Waals surface area contributed by atoms with Crippen LogP contribution in [0.3, 0.4) is 0 Å². The van der Waals surface area contributed by atoms with E-state index in [4.69, 9.17) is 4.74 Å². The van der Waals surface area contributed by atoms with Gasteiger partial charge in [-0.2, -0.15) is 0 Å². The fourth-order valence-electron chi connectivity index (χ4n) is 1.36. The van der Waals surface area contributed by atoms with E-state index in [-0.39, 0.29) is 0 Å². The highest BCUT2D eigenvalue weighted by molar-refractivity contribution is 6.39. The zero-order valence-corrected chi connectivity index (χ0v) is 9.88. The van der Waals surface area contributed by atoms with Crippen LogP contribution in [0.25, 0.3) is 0 Å². The first-order valence-corrected chi connectivity index (χ1v) is 4.93. The summed E-state index contributed by atoms with van der Waals surface area (Å²) >= 11 is 0. The van der Waals surface area contributed by atoms with E-state index in [1.807, 2.05) is 13.8 Å². The average Bonchev–Trinajstić information content (AvgIpc) is 2.25. The minimum atomic E-state index is -0.604. The van der Waals surface area contributed by atoms with Crippen LogP contribution < -0.4 is 10.1 Å². The monoisotopic (exact) mass is 221 g/mol. The van der Waals surface area contributed by atoms with Gasteiger partial charge < -0.3 is 10.1 Å². The normalized spacial score (nSPS) is 9.75. The van der Waals surface area contributed by atoms with E-state index in [2.05, 4.69) is 5.32 Å². The van der Waals surface area contributed by atoms with Crippen molar-refractivity contribution in [1.29, 1.82) is 0 Å². The van der Waals surface area contributed by atoms with E-state index in [1.54, 1.807) is 19.2 Å². The lowest BCUT2D eigenvalue weighted by Gasteiger charge is -2.12. The smallest absolute Gasteiger partial charge is 0.291 e. The molecule has 0 fully saturated rings. The van der Waals surface area contributed by atoms with Crippen LogP contribution in [0.5, 0.6) is 5.75 Å². The standard InChI is InChI=1S/C12H15NO3/c1-7-8(2)11(16-4)6-5-10(7)13-12(15)9(3)14/h5-6H,1-4H3,(H,13,15). The lowest BCUT2D eigenvalue weighted by molar-refractivity contribution is -0.133. The van der Waals surface area contributed by atoms with Gasteiger partial charge in [-0.1, -0.05) is 0 Å². The van der Waals surface area contributed by atoms with Gasteiger partial charge in [0.25, 0.3) is 5.91 Å². The molecule has 86 valence electrons. The van der Waals surface area contributed by atoms with E-state index in [0.29, 0.717) is 5.69 Å². The molecule has 0 saturated heterocycles. The minimum Gasteiger partial charge on any atom is -0.496 e. The van der Waals surface area contributed by atoms with Gasteiger partial charge in [-0.3, -0.25) is 9.59 Å². The highest BCUT2D eigenvalue weighted by atomic mass is 16.5. The van der Waals surface area contributed by atoms with Crippen LogP contribution in [-0.4, -0.2) is 18.8 Å². The van der Waals surface area contributed by atoms with Crippen molar-refractivity contribution in [3.05, 3.63) is 23.3 Å². The first-order valence-electron chi connectivity index (χ1n) is 4.93. The van der Waals surface area contributed by atoms with Crippen molar-refractivity contribution in [3.8, 4) is 5.75 Å². The molecule has 0 radical (unpaired) electrons. The summed E-state index contributed by atoms with van der Waals surface area (Å²) in [4.78, 5) is 22.1. The fraction of sp³-hybridized carbons (Fsp3) is 0.333. The number of methoxy groups -OCH3 is 1. The largest absolute Gasteiger partial charge is 0.496 e. The third-order valence-electron chi connectivity index (χ3n) is 2.53. The first-order chi connectivity index (χ1) is 7.47. The number of carbonyl (C=O) groups excluding carboxylic acids is 2. The molecule has 1 aromatic rings. The minimum absolute atomic E-state index is 0.507. The highest BCUT2D eigenvalue weighted by Gasteiger charge is 2.11. The van der Waals surface area contributed by atoms with Crippen molar-refractivity contribution in [2.75, 3.05) is 12.4 Å². The number of hydrogen-bond acceptors (Lipinski definition) is 3. The van der Waals surface area contributed by atoms with Crippen LogP contribution in [0.1, 0.15) is 18.1 Å². The maximum atomic E-state index is 11.2. The summed E-state index contributed by atoms with van der Waals surface area (Å²) in [5.74, 6) is -0.348. The highest BCUT2D eigenvalue weighted by Crippen LogP contribution is 2.27. The van der Waals surface area contributed by atoms with E-state index in [0.717, 1.165) is 16.9 Å². The van der Waals surface area contributed by atoms with E-state index in [1.165, 1.54) is 6.92 Å². The van der Waals surface area contributed by atoms with Crippen molar-refractivity contribution < 1.29 is 14.3 Å². The zero-order chi connectivity index (χ0) is 12.3. The topological polar surface area (TPSA) is 55.4 Å². The summed E-state index contributed by atoms with van der Waals surface area (Å²) in [6.07, 6.45) is 0. The van der Waals surface area contributed by atoms with Crippen molar-refractivity contribution >= 4 is 17.4 Å². The summed E-state index contributed by atoms with van der Waals surface area (Å²) in [5.41, 5.74) is 2.48. The number of carbonyl (C=O) groups is 2. The van der Waals surface area contributed by atoms with Crippen LogP contribution in [-0.2, 0) is 9.59 Å². The van der Waals surface area contributed by atoms with Gasteiger partial charge in [-0.05, 0) is 37.1 Å². The SMILES string of the molecule is COc1ccc(NC(=O)C(C)=O)c(C)c1C. The molecule has 4 heteroatoms. The maximum Gasteiger partial charge on any atom is 0.291 e. The molecule has 0 heterocycles. The van der Waals surface area contributed by atoms with Gasteiger partial charge in [0.2, 0.25) is 5.78 Å². The Bertz CT molecular complexity index is 438. The first kappa shape index (κ1) is 12.2. The summed E-state index contributed by atoms with van der Waals surface area (Å²) in [5, 5.41) is 2.56. The Kier molecular flexibility index (Phi) is 3.66. The van der Waals surface area contributed by atoms with Gasteiger partial charge in [-0.15, -0.1) is 0 Å². The van der Waals surface area contributed by atoms with E-state index in [9.17, 15) is 9.59 Å². The fourth-order valence-corrected chi connectivity index (χ4v) is 1.36. The van der Waals surface area contributed by atoms with E-state index >= 15 is 0 Å². The lowest BCUT2D eigenvalue weighted by Crippen LogP contribution is -2.20. The number of benzene rings is 1. The molecule has 0 spiro atoms. The average molecular weight is 221 g/mol. The molecule has 16 heavy (non-hydrogen) atoms. The van der Waals surface area contributed by atoms with Gasteiger partial charge in [0.1, 0.15) is 5.75 Å². The molecule has 0 aliphatic heterocycles. The molecule has 1 amide bonds. The molecular formula is C12H15NO3. The molecule has 4 nitrogen and oxygen atoms in total. The predicted octanol–water partition coefficient (Wildman–Crippen LogP) is 1.84.